The van der Waals surface area contributed by atoms with Gasteiger partial charge in [0.05, 0.1) is 40.9 Å². The number of allylic oxidation sites excluding steroid dienone is 1. The number of aromatic amines is 1. The van der Waals surface area contributed by atoms with Gasteiger partial charge in [-0.05, 0) is 55.7 Å². The zero-order chi connectivity index (χ0) is 20.9. The normalized spacial score (nSPS) is 17.4. The van der Waals surface area contributed by atoms with Gasteiger partial charge in [0.25, 0.3) is 0 Å². The van der Waals surface area contributed by atoms with Crippen molar-refractivity contribution in [2.45, 2.75) is 39.2 Å². The summed E-state index contributed by atoms with van der Waals surface area (Å²) in [5, 5.41) is 13.2. The Morgan fingerprint density at radius 2 is 2.13 bits per heavy atom. The number of hydrogen-bond donors (Lipinski definition) is 3. The van der Waals surface area contributed by atoms with E-state index in [1.165, 1.54) is 25.7 Å². The molecule has 7 nitrogen and oxygen atoms in total. The number of imidazole rings is 1. The van der Waals surface area contributed by atoms with Crippen LogP contribution in [0.15, 0.2) is 36.3 Å². The van der Waals surface area contributed by atoms with Gasteiger partial charge in [-0.2, -0.15) is 5.26 Å². The largest absolute Gasteiger partial charge is 0.401 e. The van der Waals surface area contributed by atoms with Crippen molar-refractivity contribution in [3.05, 3.63) is 47.7 Å². The third kappa shape index (κ3) is 4.89. The summed E-state index contributed by atoms with van der Waals surface area (Å²) in [7, 11) is 0. The maximum Gasteiger partial charge on any atom is 0.126 e. The van der Waals surface area contributed by atoms with Gasteiger partial charge in [0.2, 0.25) is 0 Å². The van der Waals surface area contributed by atoms with Gasteiger partial charge in [-0.3, -0.25) is 4.98 Å². The Labute approximate surface area is 176 Å². The standard InChI is InChI=1S/C17H16N6.C6H12O/c18-6-10-1-4-14-12(5-10)17-15(8-21-14)22-16(23-17)9-20-7-13(19)11-2-3-11;1-6-2-4-7-5-3-6/h1,4-5,7-8,11,20H,2-3,9,19H2,(H,22,23);6H,2-5H2,1H3/b13-7-;. The Balaban J connectivity index is 0.000000265. The zero-order valence-corrected chi connectivity index (χ0v) is 17.3. The Hall–Kier alpha value is -3.11. The second-order valence-electron chi connectivity index (χ2n) is 8.14. The molecule has 30 heavy (non-hydrogen) atoms. The van der Waals surface area contributed by atoms with Crippen LogP contribution in [0.5, 0.6) is 0 Å². The molecule has 5 rings (SSSR count). The van der Waals surface area contributed by atoms with E-state index in [1.54, 1.807) is 12.3 Å². The molecule has 1 aliphatic heterocycles. The van der Waals surface area contributed by atoms with E-state index in [-0.39, 0.29) is 0 Å². The summed E-state index contributed by atoms with van der Waals surface area (Å²) < 4.78 is 5.14. The van der Waals surface area contributed by atoms with Gasteiger partial charge in [-0.25, -0.2) is 4.98 Å². The lowest BCUT2D eigenvalue weighted by atomic mass is 10.0. The maximum absolute atomic E-state index is 9.07. The molecule has 1 aromatic carbocycles. The molecule has 156 valence electrons. The van der Waals surface area contributed by atoms with Gasteiger partial charge in [0.1, 0.15) is 5.82 Å². The number of aromatic nitrogens is 3. The molecule has 4 N–H and O–H groups in total. The second kappa shape index (κ2) is 9.14. The summed E-state index contributed by atoms with van der Waals surface area (Å²) in [4.78, 5) is 12.3. The average Bonchev–Trinajstić information content (AvgIpc) is 3.54. The highest BCUT2D eigenvalue weighted by Crippen LogP contribution is 2.33. The van der Waals surface area contributed by atoms with Crippen molar-refractivity contribution in [3.8, 4) is 6.07 Å². The first-order chi connectivity index (χ1) is 14.6. The number of nitrogens with one attached hydrogen (secondary N) is 2. The monoisotopic (exact) mass is 404 g/mol. The quantitative estimate of drug-likeness (QED) is 0.611. The average molecular weight is 405 g/mol. The van der Waals surface area contributed by atoms with E-state index in [0.29, 0.717) is 18.0 Å². The minimum Gasteiger partial charge on any atom is -0.401 e. The first kappa shape index (κ1) is 20.2. The van der Waals surface area contributed by atoms with Crippen LogP contribution in [0, 0.1) is 23.2 Å². The van der Waals surface area contributed by atoms with Crippen LogP contribution in [0.1, 0.15) is 44.0 Å². The van der Waals surface area contributed by atoms with Crippen LogP contribution in [0.2, 0.25) is 0 Å². The van der Waals surface area contributed by atoms with Gasteiger partial charge in [-0.1, -0.05) is 6.92 Å². The Bertz CT molecular complexity index is 1090. The van der Waals surface area contributed by atoms with E-state index in [0.717, 1.165) is 52.6 Å². The number of nitriles is 1. The molecular weight excluding hydrogens is 376 g/mol. The molecule has 0 unspecified atom stereocenters. The van der Waals surface area contributed by atoms with E-state index in [4.69, 9.17) is 15.7 Å². The Kier molecular flexibility index (Phi) is 6.15. The fraction of sp³-hybridized carbons (Fsp3) is 0.435. The van der Waals surface area contributed by atoms with Crippen LogP contribution in [0.3, 0.4) is 0 Å². The summed E-state index contributed by atoms with van der Waals surface area (Å²) in [6, 6.07) is 7.59. The van der Waals surface area contributed by atoms with Gasteiger partial charge in [-0.15, -0.1) is 0 Å². The highest BCUT2D eigenvalue weighted by Gasteiger charge is 2.23. The molecule has 3 aromatic rings. The number of H-pyrrole nitrogens is 1. The summed E-state index contributed by atoms with van der Waals surface area (Å²) in [5.74, 6) is 2.28. The van der Waals surface area contributed by atoms with Gasteiger partial charge >= 0.3 is 0 Å². The molecule has 0 radical (unpaired) electrons. The van der Waals surface area contributed by atoms with Crippen LogP contribution >= 0.6 is 0 Å². The SMILES string of the molecule is CC1CCOCC1.N#Cc1ccc2ncc3[nH]c(CN/C=C(\N)C4CC4)nc3c2c1. The molecule has 7 heteroatoms. The van der Waals surface area contributed by atoms with Crippen molar-refractivity contribution in [1.29, 1.82) is 5.26 Å². The molecule has 1 saturated carbocycles. The summed E-state index contributed by atoms with van der Waals surface area (Å²) in [5.41, 5.74) is 10.0. The number of nitrogens with two attached hydrogens (primary N) is 1. The molecule has 2 aliphatic rings. The van der Waals surface area contributed by atoms with Crippen LogP contribution in [0.4, 0.5) is 0 Å². The lowest BCUT2D eigenvalue weighted by molar-refractivity contribution is 0.0716. The molecule has 0 bridgehead atoms. The van der Waals surface area contributed by atoms with E-state index in [1.807, 2.05) is 18.3 Å². The predicted octanol–water partition coefficient (Wildman–Crippen LogP) is 3.72. The van der Waals surface area contributed by atoms with E-state index in [2.05, 4.69) is 33.3 Å². The minimum absolute atomic E-state index is 0.552. The van der Waals surface area contributed by atoms with E-state index in [9.17, 15) is 0 Å². The van der Waals surface area contributed by atoms with Crippen LogP contribution in [0.25, 0.3) is 21.9 Å². The maximum atomic E-state index is 9.07. The number of benzene rings is 1. The van der Waals surface area contributed by atoms with E-state index < -0.39 is 0 Å². The summed E-state index contributed by atoms with van der Waals surface area (Å²) in [6.07, 6.45) is 8.55. The first-order valence-electron chi connectivity index (χ1n) is 10.6. The Morgan fingerprint density at radius 3 is 2.80 bits per heavy atom. The van der Waals surface area contributed by atoms with Crippen LogP contribution in [-0.4, -0.2) is 28.2 Å². The second-order valence-corrected chi connectivity index (χ2v) is 8.14. The first-order valence-corrected chi connectivity index (χ1v) is 10.6. The number of pyridine rings is 1. The zero-order valence-electron chi connectivity index (χ0n) is 17.3. The molecule has 1 saturated heterocycles. The van der Waals surface area contributed by atoms with Crippen molar-refractivity contribution in [2.24, 2.45) is 17.6 Å². The van der Waals surface area contributed by atoms with Gasteiger partial charge in [0, 0.05) is 30.5 Å². The molecule has 0 atom stereocenters. The smallest absolute Gasteiger partial charge is 0.126 e. The fourth-order valence-corrected chi connectivity index (χ4v) is 3.48. The van der Waals surface area contributed by atoms with Gasteiger partial charge < -0.3 is 20.8 Å². The topological polar surface area (TPSA) is 113 Å². The molecule has 2 aromatic heterocycles. The predicted molar refractivity (Wildman–Crippen MR) is 117 cm³/mol. The number of rotatable bonds is 4. The molecular formula is C23H28N6O. The minimum atomic E-state index is 0.552. The lowest BCUT2D eigenvalue weighted by Gasteiger charge is -2.16. The summed E-state index contributed by atoms with van der Waals surface area (Å²) in [6.45, 7) is 4.83. The van der Waals surface area contributed by atoms with Crippen molar-refractivity contribution < 1.29 is 4.74 Å². The van der Waals surface area contributed by atoms with Crippen molar-refractivity contribution >= 4 is 21.9 Å². The van der Waals surface area contributed by atoms with Crippen LogP contribution < -0.4 is 11.1 Å². The summed E-state index contributed by atoms with van der Waals surface area (Å²) >= 11 is 0. The number of ether oxygens (including phenoxy) is 1. The highest BCUT2D eigenvalue weighted by atomic mass is 16.5. The third-order valence-electron chi connectivity index (χ3n) is 5.59. The van der Waals surface area contributed by atoms with Crippen molar-refractivity contribution in [2.75, 3.05) is 13.2 Å². The molecule has 0 amide bonds. The number of nitrogens with zero attached hydrogens (tertiary/aromatic N) is 3. The van der Waals surface area contributed by atoms with E-state index >= 15 is 0 Å². The fourth-order valence-electron chi connectivity index (χ4n) is 3.48. The van der Waals surface area contributed by atoms with Crippen molar-refractivity contribution in [3.63, 3.8) is 0 Å². The Morgan fingerprint density at radius 1 is 1.33 bits per heavy atom. The highest BCUT2D eigenvalue weighted by molar-refractivity contribution is 6.02. The number of hydrogen-bond acceptors (Lipinski definition) is 6. The molecule has 0 spiro atoms. The van der Waals surface area contributed by atoms with Crippen molar-refractivity contribution in [1.82, 2.24) is 20.3 Å². The van der Waals surface area contributed by atoms with Crippen LogP contribution in [-0.2, 0) is 11.3 Å². The lowest BCUT2D eigenvalue weighted by Crippen LogP contribution is -2.12. The molecule has 3 heterocycles. The number of fused-ring (bicyclic) bond motifs is 3. The molecule has 2 fully saturated rings. The van der Waals surface area contributed by atoms with Gasteiger partial charge in [0.15, 0.2) is 0 Å². The molecule has 1 aliphatic carbocycles. The third-order valence-corrected chi connectivity index (χ3v) is 5.59.